The zero-order chi connectivity index (χ0) is 15.6. The van der Waals surface area contributed by atoms with Crippen molar-refractivity contribution in [1.82, 2.24) is 0 Å². The summed E-state index contributed by atoms with van der Waals surface area (Å²) in [5.41, 5.74) is -0.171. The summed E-state index contributed by atoms with van der Waals surface area (Å²) in [6, 6.07) is 3.44. The standard InChI is InChI=1S/C15H33BO3Si/c1-6-10-12-15(5,13-11-14-16(17)18)19-20(7-2,8-3)9-4/h11,14,17-18H,6-10,12-13H2,1-5H3/t15-/m0/s1. The van der Waals surface area contributed by atoms with Crippen LogP contribution in [0.3, 0.4) is 0 Å². The Kier molecular flexibility index (Phi) is 9.72. The van der Waals surface area contributed by atoms with Gasteiger partial charge in [-0.1, -0.05) is 52.6 Å². The lowest BCUT2D eigenvalue weighted by Crippen LogP contribution is -2.45. The summed E-state index contributed by atoms with van der Waals surface area (Å²) in [4.78, 5) is 0. The van der Waals surface area contributed by atoms with Crippen molar-refractivity contribution >= 4 is 15.4 Å². The van der Waals surface area contributed by atoms with Gasteiger partial charge in [-0.25, -0.2) is 0 Å². The molecule has 20 heavy (non-hydrogen) atoms. The maximum Gasteiger partial charge on any atom is 0.480 e. The van der Waals surface area contributed by atoms with Crippen molar-refractivity contribution < 1.29 is 14.5 Å². The third-order valence-electron chi connectivity index (χ3n) is 4.31. The lowest BCUT2D eigenvalue weighted by atomic mass is 9.88. The van der Waals surface area contributed by atoms with Crippen LogP contribution in [0.25, 0.3) is 0 Å². The Balaban J connectivity index is 4.91. The molecule has 0 rings (SSSR count). The Bertz CT molecular complexity index is 272. The van der Waals surface area contributed by atoms with Gasteiger partial charge in [-0.3, -0.25) is 0 Å². The molecule has 0 aromatic rings. The molecule has 0 spiro atoms. The van der Waals surface area contributed by atoms with Crippen LogP contribution in [0, 0.1) is 0 Å². The Hall–Kier alpha value is -0.0982. The molecule has 118 valence electrons. The highest BCUT2D eigenvalue weighted by atomic mass is 28.4. The van der Waals surface area contributed by atoms with Crippen LogP contribution in [-0.4, -0.2) is 31.1 Å². The Morgan fingerprint density at radius 2 is 1.65 bits per heavy atom. The van der Waals surface area contributed by atoms with Crippen molar-refractivity contribution in [2.45, 2.75) is 84.0 Å². The van der Waals surface area contributed by atoms with E-state index in [1.165, 1.54) is 5.98 Å². The first-order valence-corrected chi connectivity index (χ1v) is 10.6. The van der Waals surface area contributed by atoms with Crippen LogP contribution < -0.4 is 0 Å². The van der Waals surface area contributed by atoms with E-state index in [1.54, 1.807) is 0 Å². The molecule has 0 aromatic heterocycles. The van der Waals surface area contributed by atoms with Crippen molar-refractivity contribution in [2.75, 3.05) is 0 Å². The van der Waals surface area contributed by atoms with Crippen LogP contribution >= 0.6 is 0 Å². The first-order chi connectivity index (χ1) is 9.37. The molecule has 0 heterocycles. The van der Waals surface area contributed by atoms with Gasteiger partial charge in [0, 0.05) is 0 Å². The first-order valence-electron chi connectivity index (χ1n) is 8.10. The van der Waals surface area contributed by atoms with E-state index in [0.717, 1.165) is 43.8 Å². The van der Waals surface area contributed by atoms with Crippen molar-refractivity contribution in [3.05, 3.63) is 12.1 Å². The summed E-state index contributed by atoms with van der Waals surface area (Å²) in [5.74, 6) is 1.43. The predicted molar refractivity (Wildman–Crippen MR) is 90.2 cm³/mol. The molecule has 5 heteroatoms. The molecule has 2 N–H and O–H groups in total. The van der Waals surface area contributed by atoms with Crippen LogP contribution in [-0.2, 0) is 4.43 Å². The lowest BCUT2D eigenvalue weighted by Gasteiger charge is -2.40. The van der Waals surface area contributed by atoms with Crippen LogP contribution in [0.2, 0.25) is 18.1 Å². The van der Waals surface area contributed by atoms with Crippen LogP contribution in [0.5, 0.6) is 0 Å². The van der Waals surface area contributed by atoms with Crippen LogP contribution in [0.4, 0.5) is 0 Å². The largest absolute Gasteiger partial charge is 0.480 e. The fourth-order valence-corrected chi connectivity index (χ4v) is 5.84. The summed E-state index contributed by atoms with van der Waals surface area (Å²) in [6.45, 7) is 11.1. The van der Waals surface area contributed by atoms with Gasteiger partial charge in [-0.05, 0) is 37.9 Å². The molecule has 3 nitrogen and oxygen atoms in total. The number of hydrogen-bond donors (Lipinski definition) is 2. The minimum absolute atomic E-state index is 0.171. The third-order valence-corrected chi connectivity index (χ3v) is 9.10. The first kappa shape index (κ1) is 19.9. The van der Waals surface area contributed by atoms with E-state index in [0.29, 0.717) is 0 Å². The second-order valence-electron chi connectivity index (χ2n) is 5.95. The van der Waals surface area contributed by atoms with E-state index >= 15 is 0 Å². The van der Waals surface area contributed by atoms with Crippen molar-refractivity contribution in [1.29, 1.82) is 0 Å². The average molecular weight is 300 g/mol. The Labute approximate surface area is 126 Å². The number of hydrogen-bond acceptors (Lipinski definition) is 3. The monoisotopic (exact) mass is 300 g/mol. The quantitative estimate of drug-likeness (QED) is 0.569. The smallest absolute Gasteiger partial charge is 0.424 e. The van der Waals surface area contributed by atoms with E-state index in [1.807, 2.05) is 6.08 Å². The second-order valence-corrected chi connectivity index (χ2v) is 10.6. The van der Waals surface area contributed by atoms with Gasteiger partial charge < -0.3 is 14.5 Å². The Morgan fingerprint density at radius 1 is 1.10 bits per heavy atom. The molecule has 0 unspecified atom stereocenters. The van der Waals surface area contributed by atoms with Gasteiger partial charge in [0.2, 0.25) is 0 Å². The molecule has 0 aliphatic heterocycles. The second kappa shape index (κ2) is 9.77. The third kappa shape index (κ3) is 7.07. The summed E-state index contributed by atoms with van der Waals surface area (Å²) < 4.78 is 6.68. The maximum atomic E-state index is 8.93. The molecular formula is C15H33BO3Si. The van der Waals surface area contributed by atoms with E-state index in [9.17, 15) is 0 Å². The molecule has 0 saturated heterocycles. The normalized spacial score (nSPS) is 15.6. The summed E-state index contributed by atoms with van der Waals surface area (Å²) >= 11 is 0. The van der Waals surface area contributed by atoms with Gasteiger partial charge in [0.05, 0.1) is 5.60 Å². The highest BCUT2D eigenvalue weighted by Gasteiger charge is 2.37. The fraction of sp³-hybridized carbons (Fsp3) is 0.867. The van der Waals surface area contributed by atoms with Crippen molar-refractivity contribution in [2.24, 2.45) is 0 Å². The molecule has 0 aromatic carbocycles. The maximum absolute atomic E-state index is 8.93. The van der Waals surface area contributed by atoms with Gasteiger partial charge in [-0.15, -0.1) is 0 Å². The molecule has 0 amide bonds. The predicted octanol–water partition coefficient (Wildman–Crippen LogP) is 3.92. The topological polar surface area (TPSA) is 49.7 Å². The van der Waals surface area contributed by atoms with Crippen LogP contribution in [0.1, 0.15) is 60.3 Å². The molecular weight excluding hydrogens is 267 g/mol. The van der Waals surface area contributed by atoms with E-state index in [4.69, 9.17) is 14.5 Å². The SMILES string of the molecule is CCCC[C@@](C)(CC=CB(O)O)O[Si](CC)(CC)CC. The lowest BCUT2D eigenvalue weighted by molar-refractivity contribution is 0.0666. The van der Waals surface area contributed by atoms with Crippen molar-refractivity contribution in [3.63, 3.8) is 0 Å². The molecule has 0 saturated carbocycles. The molecule has 0 bridgehead atoms. The summed E-state index contributed by atoms with van der Waals surface area (Å²) in [7, 11) is -3.00. The zero-order valence-electron chi connectivity index (χ0n) is 14.0. The average Bonchev–Trinajstić information content (AvgIpc) is 2.42. The van der Waals surface area contributed by atoms with Gasteiger partial charge in [0.1, 0.15) is 0 Å². The molecule has 0 aliphatic carbocycles. The Morgan fingerprint density at radius 3 is 2.05 bits per heavy atom. The molecule has 1 atom stereocenters. The van der Waals surface area contributed by atoms with Gasteiger partial charge in [0.25, 0.3) is 0 Å². The van der Waals surface area contributed by atoms with E-state index in [2.05, 4.69) is 34.6 Å². The van der Waals surface area contributed by atoms with E-state index < -0.39 is 15.4 Å². The number of unbranched alkanes of at least 4 members (excludes halogenated alkanes) is 1. The molecule has 0 radical (unpaired) electrons. The zero-order valence-corrected chi connectivity index (χ0v) is 15.0. The highest BCUT2D eigenvalue weighted by Crippen LogP contribution is 2.33. The summed E-state index contributed by atoms with van der Waals surface area (Å²) in [6.07, 6.45) is 5.93. The number of rotatable bonds is 11. The van der Waals surface area contributed by atoms with E-state index in [-0.39, 0.29) is 5.60 Å². The van der Waals surface area contributed by atoms with Gasteiger partial charge >= 0.3 is 7.12 Å². The molecule has 0 aliphatic rings. The molecule has 0 fully saturated rings. The van der Waals surface area contributed by atoms with Crippen LogP contribution in [0.15, 0.2) is 12.1 Å². The minimum Gasteiger partial charge on any atom is -0.424 e. The van der Waals surface area contributed by atoms with Crippen molar-refractivity contribution in [3.8, 4) is 0 Å². The minimum atomic E-state index is -1.64. The van der Waals surface area contributed by atoms with Gasteiger partial charge in [-0.2, -0.15) is 0 Å². The fourth-order valence-electron chi connectivity index (χ4n) is 2.67. The highest BCUT2D eigenvalue weighted by molar-refractivity contribution is 6.73. The summed E-state index contributed by atoms with van der Waals surface area (Å²) in [5, 5.41) is 17.9. The van der Waals surface area contributed by atoms with Gasteiger partial charge in [0.15, 0.2) is 8.32 Å².